The third kappa shape index (κ3) is 5.16. The first-order chi connectivity index (χ1) is 13.6. The Hall–Kier alpha value is -2.73. The van der Waals surface area contributed by atoms with Crippen molar-refractivity contribution in [3.8, 4) is 11.4 Å². The van der Waals surface area contributed by atoms with Crippen LogP contribution >= 0.6 is 15.9 Å². The summed E-state index contributed by atoms with van der Waals surface area (Å²) in [7, 11) is 0. The highest BCUT2D eigenvalue weighted by atomic mass is 79.9. The van der Waals surface area contributed by atoms with Gasteiger partial charge in [0.1, 0.15) is 0 Å². The van der Waals surface area contributed by atoms with Crippen LogP contribution in [0.15, 0.2) is 64.2 Å². The number of nitrogens with one attached hydrogen (secondary N) is 1. The van der Waals surface area contributed by atoms with Crippen molar-refractivity contribution in [3.63, 3.8) is 0 Å². The Morgan fingerprint density at radius 3 is 2.32 bits per heavy atom. The second-order valence-corrected chi connectivity index (χ2v) is 7.27. The lowest BCUT2D eigenvalue weighted by Crippen LogP contribution is -2.21. The summed E-state index contributed by atoms with van der Waals surface area (Å²) < 4.78 is 1.03. The largest absolute Gasteiger partial charge is 0.372 e. The predicted octanol–water partition coefficient (Wildman–Crippen LogP) is 5.51. The minimum atomic E-state index is 0.668. The Labute approximate surface area is 174 Å². The van der Waals surface area contributed by atoms with Crippen LogP contribution in [0.5, 0.6) is 0 Å². The average molecular weight is 438 g/mol. The summed E-state index contributed by atoms with van der Waals surface area (Å²) in [5.74, 6) is 1.34. The molecule has 3 aromatic rings. The van der Waals surface area contributed by atoms with Crippen molar-refractivity contribution in [1.29, 1.82) is 0 Å². The summed E-state index contributed by atoms with van der Waals surface area (Å²) in [6, 6.07) is 18.2. The Kier molecular flexibility index (Phi) is 6.76. The molecule has 0 aliphatic heterocycles. The molecule has 0 fully saturated rings. The molecule has 0 saturated heterocycles. The standard InChI is InChI=1S/C22H24BrN5/c1-4-28(5-2)20-12-6-17(7-13-20)15-24-27-21-14-16(3)25-22(26-21)18-8-10-19(23)11-9-18/h6-15H,4-5H2,1-3H3,(H,25,26,27)/b24-15+. The number of benzene rings is 2. The Bertz CT molecular complexity index is 932. The summed E-state index contributed by atoms with van der Waals surface area (Å²) in [4.78, 5) is 11.4. The van der Waals surface area contributed by atoms with Crippen molar-refractivity contribution in [3.05, 3.63) is 70.3 Å². The number of rotatable bonds is 7. The fraction of sp³-hybridized carbons (Fsp3) is 0.227. The molecule has 0 spiro atoms. The van der Waals surface area contributed by atoms with Crippen LogP contribution in [0.25, 0.3) is 11.4 Å². The SMILES string of the molecule is CCN(CC)c1ccc(/C=N/Nc2cc(C)nc(-c3ccc(Br)cc3)n2)cc1. The van der Waals surface area contributed by atoms with E-state index in [1.165, 1.54) is 5.69 Å². The fourth-order valence-electron chi connectivity index (χ4n) is 2.89. The van der Waals surface area contributed by atoms with Gasteiger partial charge < -0.3 is 4.90 Å². The van der Waals surface area contributed by atoms with Crippen molar-refractivity contribution >= 4 is 33.6 Å². The maximum atomic E-state index is 4.57. The van der Waals surface area contributed by atoms with E-state index in [0.29, 0.717) is 11.6 Å². The Balaban J connectivity index is 1.71. The molecule has 0 bridgehead atoms. The zero-order chi connectivity index (χ0) is 19.9. The van der Waals surface area contributed by atoms with Crippen LogP contribution in [0.3, 0.4) is 0 Å². The highest BCUT2D eigenvalue weighted by Gasteiger charge is 2.05. The molecule has 0 aliphatic rings. The van der Waals surface area contributed by atoms with Crippen molar-refractivity contribution in [1.82, 2.24) is 9.97 Å². The van der Waals surface area contributed by atoms with Gasteiger partial charge in [0, 0.05) is 40.6 Å². The second kappa shape index (κ2) is 9.46. The Morgan fingerprint density at radius 2 is 1.68 bits per heavy atom. The van der Waals surface area contributed by atoms with Crippen molar-refractivity contribution in [2.75, 3.05) is 23.4 Å². The molecule has 3 rings (SSSR count). The third-order valence-electron chi connectivity index (χ3n) is 4.37. The molecule has 0 radical (unpaired) electrons. The first-order valence-corrected chi connectivity index (χ1v) is 10.1. The summed E-state index contributed by atoms with van der Waals surface area (Å²) in [6.45, 7) is 8.27. The summed E-state index contributed by atoms with van der Waals surface area (Å²) in [5, 5.41) is 4.33. The molecule has 0 atom stereocenters. The van der Waals surface area contributed by atoms with Crippen molar-refractivity contribution < 1.29 is 0 Å². The van der Waals surface area contributed by atoms with Gasteiger partial charge in [-0.05, 0) is 50.6 Å². The van der Waals surface area contributed by atoms with Gasteiger partial charge in [0.25, 0.3) is 0 Å². The minimum absolute atomic E-state index is 0.668. The van der Waals surface area contributed by atoms with E-state index in [0.717, 1.165) is 34.4 Å². The van der Waals surface area contributed by atoms with Crippen molar-refractivity contribution in [2.45, 2.75) is 20.8 Å². The number of anilines is 2. The lowest BCUT2D eigenvalue weighted by Gasteiger charge is -2.20. The predicted molar refractivity (Wildman–Crippen MR) is 121 cm³/mol. The van der Waals surface area contributed by atoms with Gasteiger partial charge in [-0.1, -0.05) is 40.2 Å². The maximum absolute atomic E-state index is 4.57. The zero-order valence-electron chi connectivity index (χ0n) is 16.4. The quantitative estimate of drug-likeness (QED) is 0.391. The molecule has 28 heavy (non-hydrogen) atoms. The number of hydrogen-bond acceptors (Lipinski definition) is 5. The number of hydrazone groups is 1. The van der Waals surface area contributed by atoms with Crippen LogP contribution in [-0.2, 0) is 0 Å². The summed E-state index contributed by atoms with van der Waals surface area (Å²) in [5.41, 5.74) is 7.11. The number of halogens is 1. The van der Waals surface area contributed by atoms with Crippen LogP contribution in [0.1, 0.15) is 25.1 Å². The molecule has 1 aromatic heterocycles. The summed E-state index contributed by atoms with van der Waals surface area (Å²) >= 11 is 3.45. The molecule has 0 unspecified atom stereocenters. The van der Waals surface area contributed by atoms with Crippen LogP contribution in [0.2, 0.25) is 0 Å². The molecular formula is C22H24BrN5. The van der Waals surface area contributed by atoms with E-state index in [1.54, 1.807) is 6.21 Å². The van der Waals surface area contributed by atoms with Gasteiger partial charge in [-0.25, -0.2) is 9.97 Å². The highest BCUT2D eigenvalue weighted by molar-refractivity contribution is 9.10. The molecule has 5 nitrogen and oxygen atoms in total. The van der Waals surface area contributed by atoms with Crippen LogP contribution < -0.4 is 10.3 Å². The Morgan fingerprint density at radius 1 is 1.00 bits per heavy atom. The van der Waals surface area contributed by atoms with Gasteiger partial charge in [-0.3, -0.25) is 5.43 Å². The molecule has 0 aliphatic carbocycles. The first-order valence-electron chi connectivity index (χ1n) is 9.34. The van der Waals surface area contributed by atoms with E-state index in [4.69, 9.17) is 0 Å². The maximum Gasteiger partial charge on any atom is 0.161 e. The normalized spacial score (nSPS) is 11.0. The monoisotopic (exact) mass is 437 g/mol. The van der Waals surface area contributed by atoms with E-state index in [9.17, 15) is 0 Å². The number of hydrogen-bond donors (Lipinski definition) is 1. The van der Waals surface area contributed by atoms with Gasteiger partial charge in [-0.15, -0.1) is 0 Å². The van der Waals surface area contributed by atoms with Crippen LogP contribution in [0, 0.1) is 6.92 Å². The molecule has 0 amide bonds. The molecule has 6 heteroatoms. The fourth-order valence-corrected chi connectivity index (χ4v) is 3.15. The zero-order valence-corrected chi connectivity index (χ0v) is 17.9. The second-order valence-electron chi connectivity index (χ2n) is 6.36. The van der Waals surface area contributed by atoms with Crippen molar-refractivity contribution in [2.24, 2.45) is 5.10 Å². The third-order valence-corrected chi connectivity index (χ3v) is 4.90. The van der Waals surface area contributed by atoms with Gasteiger partial charge in [0.15, 0.2) is 11.6 Å². The molecule has 2 aromatic carbocycles. The van der Waals surface area contributed by atoms with E-state index in [-0.39, 0.29) is 0 Å². The smallest absolute Gasteiger partial charge is 0.161 e. The van der Waals surface area contributed by atoms with E-state index >= 15 is 0 Å². The van der Waals surface area contributed by atoms with Crippen LogP contribution in [0.4, 0.5) is 11.5 Å². The number of aromatic nitrogens is 2. The van der Waals surface area contributed by atoms with Gasteiger partial charge in [-0.2, -0.15) is 5.10 Å². The first kappa shape index (κ1) is 20.0. The molecular weight excluding hydrogens is 414 g/mol. The van der Waals surface area contributed by atoms with E-state index in [1.807, 2.05) is 37.3 Å². The topological polar surface area (TPSA) is 53.4 Å². The summed E-state index contributed by atoms with van der Waals surface area (Å²) in [6.07, 6.45) is 1.79. The molecule has 0 saturated carbocycles. The van der Waals surface area contributed by atoms with Gasteiger partial charge >= 0.3 is 0 Å². The minimum Gasteiger partial charge on any atom is -0.372 e. The lowest BCUT2D eigenvalue weighted by atomic mass is 10.2. The van der Waals surface area contributed by atoms with Crippen LogP contribution in [-0.4, -0.2) is 29.3 Å². The number of aryl methyl sites for hydroxylation is 1. The number of nitrogens with zero attached hydrogens (tertiary/aromatic N) is 4. The van der Waals surface area contributed by atoms with Gasteiger partial charge in [0.05, 0.1) is 6.21 Å². The highest BCUT2D eigenvalue weighted by Crippen LogP contribution is 2.20. The van der Waals surface area contributed by atoms with Gasteiger partial charge in [0.2, 0.25) is 0 Å². The molecule has 1 heterocycles. The van der Waals surface area contributed by atoms with E-state index in [2.05, 4.69) is 79.4 Å². The molecule has 144 valence electrons. The average Bonchev–Trinajstić information content (AvgIpc) is 2.70. The lowest BCUT2D eigenvalue weighted by molar-refractivity contribution is 0.866. The van der Waals surface area contributed by atoms with E-state index < -0.39 is 0 Å². The molecule has 1 N–H and O–H groups in total.